The first-order valence-electron chi connectivity index (χ1n) is 31.2. The molecule has 0 radical (unpaired) electrons. The maximum atomic E-state index is 12.9. The molecule has 0 aromatic rings. The predicted molar refractivity (Wildman–Crippen MR) is 320 cm³/mol. The minimum Gasteiger partial charge on any atom is -0.462 e. The molecule has 6 heteroatoms. The van der Waals surface area contributed by atoms with Crippen LogP contribution < -0.4 is 0 Å². The van der Waals surface area contributed by atoms with E-state index in [-0.39, 0.29) is 37.5 Å². The molecular weight excluding hydrogens is 913 g/mol. The van der Waals surface area contributed by atoms with Gasteiger partial charge in [-0.05, 0) is 89.9 Å². The van der Waals surface area contributed by atoms with Crippen molar-refractivity contribution in [3.63, 3.8) is 0 Å². The largest absolute Gasteiger partial charge is 0.462 e. The summed E-state index contributed by atoms with van der Waals surface area (Å²) in [5, 5.41) is 0. The van der Waals surface area contributed by atoms with E-state index in [1.165, 1.54) is 161 Å². The van der Waals surface area contributed by atoms with E-state index in [0.717, 1.165) is 89.9 Å². The van der Waals surface area contributed by atoms with Crippen molar-refractivity contribution >= 4 is 17.9 Å². The minimum atomic E-state index is -0.812. The van der Waals surface area contributed by atoms with Crippen LogP contribution in [0.3, 0.4) is 0 Å². The zero-order chi connectivity index (χ0) is 53.6. The van der Waals surface area contributed by atoms with Crippen molar-refractivity contribution in [2.45, 2.75) is 303 Å². The molecule has 0 aliphatic carbocycles. The van der Waals surface area contributed by atoms with E-state index >= 15 is 0 Å². The second-order valence-electron chi connectivity index (χ2n) is 20.6. The van der Waals surface area contributed by atoms with Crippen molar-refractivity contribution in [3.8, 4) is 0 Å². The van der Waals surface area contributed by atoms with Gasteiger partial charge >= 0.3 is 17.9 Å². The number of esters is 3. The molecule has 0 saturated carbocycles. The van der Waals surface area contributed by atoms with E-state index in [2.05, 4.69) is 112 Å². The molecule has 74 heavy (non-hydrogen) atoms. The van der Waals surface area contributed by atoms with Crippen molar-refractivity contribution in [3.05, 3.63) is 97.2 Å². The third-order valence-electron chi connectivity index (χ3n) is 13.3. The maximum Gasteiger partial charge on any atom is 0.306 e. The quantitative estimate of drug-likeness (QED) is 0.0261. The zero-order valence-corrected chi connectivity index (χ0v) is 48.6. The SMILES string of the molecule is CC/C=C\C/C=C\C/C=C\C/C=C\C/C=C\C/C=C\CCC(=O)OCC(COC(=O)CCCCCCCCC/C=C\C/C=C\CCCCCC)OC(=O)CCCCCCCCCCCCCCCCCCCCC. The fraction of sp³-hybridized carbons (Fsp3) is 0.721. The number of rotatable bonds is 56. The fourth-order valence-electron chi connectivity index (χ4n) is 8.68. The van der Waals surface area contributed by atoms with Gasteiger partial charge in [0.15, 0.2) is 6.10 Å². The molecule has 0 aliphatic heterocycles. The molecule has 0 N–H and O–H groups in total. The van der Waals surface area contributed by atoms with Crippen molar-refractivity contribution < 1.29 is 28.6 Å². The highest BCUT2D eigenvalue weighted by atomic mass is 16.6. The van der Waals surface area contributed by atoms with Crippen LogP contribution >= 0.6 is 0 Å². The van der Waals surface area contributed by atoms with Gasteiger partial charge in [-0.3, -0.25) is 14.4 Å². The van der Waals surface area contributed by atoms with Crippen molar-refractivity contribution in [2.24, 2.45) is 0 Å². The van der Waals surface area contributed by atoms with Crippen LogP contribution in [-0.4, -0.2) is 37.2 Å². The van der Waals surface area contributed by atoms with Crippen LogP contribution in [0.25, 0.3) is 0 Å². The lowest BCUT2D eigenvalue weighted by atomic mass is 10.0. The molecule has 0 rings (SSSR count). The Bertz CT molecular complexity index is 1460. The molecule has 0 bridgehead atoms. The molecule has 0 saturated heterocycles. The third kappa shape index (κ3) is 59.2. The standard InChI is InChI=1S/C68H116O6/c1-4-7-10-13-16-19-22-25-28-31-34-37-40-43-46-49-52-55-58-61-67(70)73-64-65(63-72-66(69)60-57-54-51-48-45-42-39-36-33-30-27-24-21-18-15-12-9-6-3)74-68(71)62-59-56-53-50-47-44-41-38-35-32-29-26-23-20-17-14-11-8-5-2/h7,10,16,19,21,24-25,28,30,33-34,37,43,46,52,55,65H,4-6,8-9,11-15,17-18,20,22-23,26-27,29,31-32,35-36,38-42,44-45,47-51,53-54,56-64H2,1-3H3/b10-7-,19-16-,24-21-,28-25-,33-30-,37-34-,46-43-,55-52-. The van der Waals surface area contributed by atoms with Gasteiger partial charge in [-0.1, -0.05) is 285 Å². The van der Waals surface area contributed by atoms with E-state index in [9.17, 15) is 14.4 Å². The van der Waals surface area contributed by atoms with Gasteiger partial charge < -0.3 is 14.2 Å². The monoisotopic (exact) mass is 1030 g/mol. The molecular formula is C68H116O6. The second-order valence-corrected chi connectivity index (χ2v) is 20.6. The van der Waals surface area contributed by atoms with Crippen molar-refractivity contribution in [2.75, 3.05) is 13.2 Å². The molecule has 0 aromatic heterocycles. The van der Waals surface area contributed by atoms with Gasteiger partial charge in [0.25, 0.3) is 0 Å². The Labute approximate surface area is 457 Å². The van der Waals surface area contributed by atoms with Crippen LogP contribution in [0.15, 0.2) is 97.2 Å². The summed E-state index contributed by atoms with van der Waals surface area (Å²) in [6.45, 7) is 6.47. The summed E-state index contributed by atoms with van der Waals surface area (Å²) in [5.74, 6) is -0.987. The predicted octanol–water partition coefficient (Wildman–Crippen LogP) is 21.3. The molecule has 0 heterocycles. The lowest BCUT2D eigenvalue weighted by Crippen LogP contribution is -2.30. The molecule has 1 atom stereocenters. The summed E-state index contributed by atoms with van der Waals surface area (Å²) in [6.07, 6.45) is 82.7. The number of hydrogen-bond acceptors (Lipinski definition) is 6. The first-order valence-corrected chi connectivity index (χ1v) is 31.2. The van der Waals surface area contributed by atoms with Crippen LogP contribution in [0.2, 0.25) is 0 Å². The number of unbranched alkanes of at least 4 members (excludes halogenated alkanes) is 29. The van der Waals surface area contributed by atoms with Crippen LogP contribution in [0.5, 0.6) is 0 Å². The zero-order valence-electron chi connectivity index (χ0n) is 48.6. The Hall–Kier alpha value is -3.67. The van der Waals surface area contributed by atoms with E-state index in [1.807, 2.05) is 6.08 Å². The highest BCUT2D eigenvalue weighted by Crippen LogP contribution is 2.16. The number of ether oxygens (including phenoxy) is 3. The summed E-state index contributed by atoms with van der Waals surface area (Å²) < 4.78 is 16.9. The normalized spacial score (nSPS) is 12.7. The Morgan fingerprint density at radius 1 is 0.284 bits per heavy atom. The number of carbonyl (C=O) groups is 3. The van der Waals surface area contributed by atoms with Gasteiger partial charge in [0.05, 0.1) is 0 Å². The minimum absolute atomic E-state index is 0.103. The average molecular weight is 1030 g/mol. The average Bonchev–Trinajstić information content (AvgIpc) is 3.40. The van der Waals surface area contributed by atoms with Crippen molar-refractivity contribution in [1.82, 2.24) is 0 Å². The van der Waals surface area contributed by atoms with E-state index < -0.39 is 6.10 Å². The Morgan fingerprint density at radius 2 is 0.554 bits per heavy atom. The molecule has 0 fully saturated rings. The summed E-state index contributed by atoms with van der Waals surface area (Å²) >= 11 is 0. The summed E-state index contributed by atoms with van der Waals surface area (Å²) in [6, 6.07) is 0. The molecule has 0 amide bonds. The number of allylic oxidation sites excluding steroid dienone is 16. The lowest BCUT2D eigenvalue weighted by Gasteiger charge is -2.18. The van der Waals surface area contributed by atoms with E-state index in [4.69, 9.17) is 14.2 Å². The van der Waals surface area contributed by atoms with Crippen LogP contribution in [0, 0.1) is 0 Å². The van der Waals surface area contributed by atoms with Crippen LogP contribution in [-0.2, 0) is 28.6 Å². The number of hydrogen-bond donors (Lipinski definition) is 0. The van der Waals surface area contributed by atoms with E-state index in [0.29, 0.717) is 19.3 Å². The van der Waals surface area contributed by atoms with Gasteiger partial charge in [0.2, 0.25) is 0 Å². The van der Waals surface area contributed by atoms with Gasteiger partial charge in [-0.2, -0.15) is 0 Å². The molecule has 6 nitrogen and oxygen atoms in total. The lowest BCUT2D eigenvalue weighted by molar-refractivity contribution is -0.166. The van der Waals surface area contributed by atoms with Gasteiger partial charge in [0.1, 0.15) is 13.2 Å². The fourth-order valence-corrected chi connectivity index (χ4v) is 8.68. The molecule has 0 aliphatic rings. The van der Waals surface area contributed by atoms with Crippen molar-refractivity contribution in [1.29, 1.82) is 0 Å². The molecule has 0 aromatic carbocycles. The number of carbonyl (C=O) groups excluding carboxylic acids is 3. The highest BCUT2D eigenvalue weighted by Gasteiger charge is 2.19. The first kappa shape index (κ1) is 70.3. The van der Waals surface area contributed by atoms with Gasteiger partial charge in [-0.15, -0.1) is 0 Å². The Kier molecular flexibility index (Phi) is 58.8. The molecule has 1 unspecified atom stereocenters. The maximum absolute atomic E-state index is 12.9. The van der Waals surface area contributed by atoms with Crippen LogP contribution in [0.1, 0.15) is 297 Å². The second kappa shape index (κ2) is 61.9. The van der Waals surface area contributed by atoms with Crippen LogP contribution in [0.4, 0.5) is 0 Å². The topological polar surface area (TPSA) is 78.9 Å². The van der Waals surface area contributed by atoms with Gasteiger partial charge in [-0.25, -0.2) is 0 Å². The Morgan fingerprint density at radius 3 is 0.919 bits per heavy atom. The summed E-state index contributed by atoms with van der Waals surface area (Å²) in [5.41, 5.74) is 0. The van der Waals surface area contributed by atoms with E-state index in [1.54, 1.807) is 0 Å². The highest BCUT2D eigenvalue weighted by molar-refractivity contribution is 5.71. The first-order chi connectivity index (χ1) is 36.5. The smallest absolute Gasteiger partial charge is 0.306 e. The summed E-state index contributed by atoms with van der Waals surface area (Å²) in [4.78, 5) is 38.3. The third-order valence-corrected chi connectivity index (χ3v) is 13.3. The van der Waals surface area contributed by atoms with Gasteiger partial charge in [0, 0.05) is 19.3 Å². The molecule has 424 valence electrons. The summed E-state index contributed by atoms with van der Waals surface area (Å²) in [7, 11) is 0. The Balaban J connectivity index is 4.48. The molecule has 0 spiro atoms.